The van der Waals surface area contributed by atoms with Crippen LogP contribution in [0.3, 0.4) is 0 Å². The second kappa shape index (κ2) is 8.89. The summed E-state index contributed by atoms with van der Waals surface area (Å²) in [6.45, 7) is 9.62. The lowest BCUT2D eigenvalue weighted by Gasteiger charge is -2.36. The molecule has 1 atom stereocenters. The van der Waals surface area contributed by atoms with Gasteiger partial charge in [0, 0.05) is 12.1 Å². The van der Waals surface area contributed by atoms with Gasteiger partial charge in [0.2, 0.25) is 0 Å². The summed E-state index contributed by atoms with van der Waals surface area (Å²) in [6.07, 6.45) is 6.71. The SMILES string of the molecule is CCN1CCC(N(C)CCCCC(C)NC)CC1. The zero-order valence-corrected chi connectivity index (χ0v) is 12.9. The van der Waals surface area contributed by atoms with E-state index in [0.717, 1.165) is 6.04 Å². The summed E-state index contributed by atoms with van der Waals surface area (Å²) in [6, 6.07) is 1.50. The van der Waals surface area contributed by atoms with E-state index in [4.69, 9.17) is 0 Å². The van der Waals surface area contributed by atoms with E-state index >= 15 is 0 Å². The average molecular weight is 255 g/mol. The number of nitrogens with zero attached hydrogens (tertiary/aromatic N) is 2. The standard InChI is InChI=1S/C15H33N3/c1-5-18-12-9-15(10-13-18)17(4)11-7-6-8-14(2)16-3/h14-16H,5-13H2,1-4H3. The van der Waals surface area contributed by atoms with Gasteiger partial charge in [0.05, 0.1) is 0 Å². The van der Waals surface area contributed by atoms with Crippen molar-refractivity contribution in [1.29, 1.82) is 0 Å². The van der Waals surface area contributed by atoms with Crippen LogP contribution in [-0.4, -0.2) is 62.2 Å². The number of nitrogens with one attached hydrogen (secondary N) is 1. The largest absolute Gasteiger partial charge is 0.317 e. The Hall–Kier alpha value is -0.120. The molecule has 0 aromatic heterocycles. The summed E-state index contributed by atoms with van der Waals surface area (Å²) < 4.78 is 0. The van der Waals surface area contributed by atoms with E-state index in [1.54, 1.807) is 0 Å². The van der Waals surface area contributed by atoms with Crippen molar-refractivity contribution in [3.63, 3.8) is 0 Å². The van der Waals surface area contributed by atoms with Crippen molar-refractivity contribution >= 4 is 0 Å². The van der Waals surface area contributed by atoms with Crippen molar-refractivity contribution in [2.45, 2.75) is 58.0 Å². The van der Waals surface area contributed by atoms with E-state index in [-0.39, 0.29) is 0 Å². The van der Waals surface area contributed by atoms with Crippen LogP contribution in [0.4, 0.5) is 0 Å². The third-order valence-electron chi connectivity index (χ3n) is 4.52. The monoisotopic (exact) mass is 255 g/mol. The highest BCUT2D eigenvalue weighted by Gasteiger charge is 2.20. The number of hydrogen-bond donors (Lipinski definition) is 1. The van der Waals surface area contributed by atoms with Gasteiger partial charge in [0.1, 0.15) is 0 Å². The number of piperidine rings is 1. The third kappa shape index (κ3) is 5.68. The highest BCUT2D eigenvalue weighted by molar-refractivity contribution is 4.77. The Balaban J connectivity index is 2.08. The van der Waals surface area contributed by atoms with Gasteiger partial charge < -0.3 is 15.1 Å². The molecule has 1 N–H and O–H groups in total. The van der Waals surface area contributed by atoms with Crippen molar-refractivity contribution in [1.82, 2.24) is 15.1 Å². The molecule has 0 aromatic rings. The molecule has 0 aromatic carbocycles. The van der Waals surface area contributed by atoms with Gasteiger partial charge >= 0.3 is 0 Å². The first-order valence-corrected chi connectivity index (χ1v) is 7.77. The summed E-state index contributed by atoms with van der Waals surface area (Å²) in [7, 11) is 4.37. The van der Waals surface area contributed by atoms with Gasteiger partial charge in [0.25, 0.3) is 0 Å². The summed E-state index contributed by atoms with van der Waals surface area (Å²) in [5.74, 6) is 0. The summed E-state index contributed by atoms with van der Waals surface area (Å²) in [5, 5.41) is 3.31. The molecule has 1 heterocycles. The highest BCUT2D eigenvalue weighted by Crippen LogP contribution is 2.15. The van der Waals surface area contributed by atoms with Crippen molar-refractivity contribution in [2.75, 3.05) is 40.3 Å². The normalized spacial score (nSPS) is 20.5. The Morgan fingerprint density at radius 1 is 1.28 bits per heavy atom. The molecule has 0 amide bonds. The molecular formula is C15H33N3. The van der Waals surface area contributed by atoms with Crippen LogP contribution in [0.1, 0.15) is 46.0 Å². The van der Waals surface area contributed by atoms with Gasteiger partial charge in [-0.15, -0.1) is 0 Å². The molecule has 3 nitrogen and oxygen atoms in total. The smallest absolute Gasteiger partial charge is 0.0117 e. The van der Waals surface area contributed by atoms with E-state index in [2.05, 4.69) is 43.1 Å². The summed E-state index contributed by atoms with van der Waals surface area (Å²) >= 11 is 0. The fourth-order valence-corrected chi connectivity index (χ4v) is 2.81. The molecule has 0 spiro atoms. The molecule has 1 unspecified atom stereocenters. The van der Waals surface area contributed by atoms with Gasteiger partial charge in [0.15, 0.2) is 0 Å². The van der Waals surface area contributed by atoms with Gasteiger partial charge in [-0.25, -0.2) is 0 Å². The van der Waals surface area contributed by atoms with Crippen LogP contribution in [0.25, 0.3) is 0 Å². The predicted molar refractivity (Wildman–Crippen MR) is 80.1 cm³/mol. The fourth-order valence-electron chi connectivity index (χ4n) is 2.81. The molecular weight excluding hydrogens is 222 g/mol. The minimum atomic E-state index is 0.670. The van der Waals surface area contributed by atoms with Crippen LogP contribution < -0.4 is 5.32 Å². The Labute approximate surface area is 114 Å². The summed E-state index contributed by atoms with van der Waals surface area (Å²) in [5.41, 5.74) is 0. The predicted octanol–water partition coefficient (Wildman–Crippen LogP) is 2.18. The van der Waals surface area contributed by atoms with Gasteiger partial charge in [-0.2, -0.15) is 0 Å². The van der Waals surface area contributed by atoms with E-state index in [0.29, 0.717) is 6.04 Å². The van der Waals surface area contributed by atoms with Crippen LogP contribution in [0, 0.1) is 0 Å². The molecule has 1 aliphatic rings. The zero-order chi connectivity index (χ0) is 13.4. The lowest BCUT2D eigenvalue weighted by atomic mass is 10.0. The first-order valence-electron chi connectivity index (χ1n) is 7.77. The Morgan fingerprint density at radius 3 is 2.50 bits per heavy atom. The fraction of sp³-hybridized carbons (Fsp3) is 1.00. The van der Waals surface area contributed by atoms with Gasteiger partial charge in [-0.05, 0) is 72.9 Å². The first-order chi connectivity index (χ1) is 8.67. The molecule has 18 heavy (non-hydrogen) atoms. The molecule has 1 rings (SSSR count). The van der Waals surface area contributed by atoms with Crippen LogP contribution in [0.15, 0.2) is 0 Å². The quantitative estimate of drug-likeness (QED) is 0.671. The maximum Gasteiger partial charge on any atom is 0.0117 e. The lowest BCUT2D eigenvalue weighted by molar-refractivity contribution is 0.130. The minimum absolute atomic E-state index is 0.670. The highest BCUT2D eigenvalue weighted by atomic mass is 15.2. The Kier molecular flexibility index (Phi) is 7.87. The van der Waals surface area contributed by atoms with Crippen molar-refractivity contribution < 1.29 is 0 Å². The number of likely N-dealkylation sites (tertiary alicyclic amines) is 1. The maximum absolute atomic E-state index is 3.31. The zero-order valence-electron chi connectivity index (χ0n) is 12.9. The van der Waals surface area contributed by atoms with Gasteiger partial charge in [-0.1, -0.05) is 13.3 Å². The molecule has 0 bridgehead atoms. The number of unbranched alkanes of at least 4 members (excludes halogenated alkanes) is 1. The van der Waals surface area contributed by atoms with Crippen molar-refractivity contribution in [3.8, 4) is 0 Å². The second-order valence-corrected chi connectivity index (χ2v) is 5.83. The van der Waals surface area contributed by atoms with Crippen LogP contribution in [-0.2, 0) is 0 Å². The minimum Gasteiger partial charge on any atom is -0.317 e. The molecule has 0 saturated carbocycles. The Morgan fingerprint density at radius 2 is 1.94 bits per heavy atom. The molecule has 1 aliphatic heterocycles. The van der Waals surface area contributed by atoms with E-state index in [1.807, 2.05) is 0 Å². The van der Waals surface area contributed by atoms with E-state index < -0.39 is 0 Å². The molecule has 0 aliphatic carbocycles. The number of rotatable bonds is 8. The van der Waals surface area contributed by atoms with Crippen molar-refractivity contribution in [2.24, 2.45) is 0 Å². The first kappa shape index (κ1) is 15.9. The average Bonchev–Trinajstić information content (AvgIpc) is 2.43. The second-order valence-electron chi connectivity index (χ2n) is 5.83. The molecule has 1 saturated heterocycles. The molecule has 3 heteroatoms. The van der Waals surface area contributed by atoms with E-state index in [9.17, 15) is 0 Å². The molecule has 108 valence electrons. The number of hydrogen-bond acceptors (Lipinski definition) is 3. The lowest BCUT2D eigenvalue weighted by Crippen LogP contribution is -2.43. The summed E-state index contributed by atoms with van der Waals surface area (Å²) in [4.78, 5) is 5.16. The van der Waals surface area contributed by atoms with Crippen LogP contribution >= 0.6 is 0 Å². The maximum atomic E-state index is 3.31. The molecule has 1 fully saturated rings. The van der Waals surface area contributed by atoms with Crippen molar-refractivity contribution in [3.05, 3.63) is 0 Å². The van der Waals surface area contributed by atoms with Gasteiger partial charge in [-0.3, -0.25) is 0 Å². The van der Waals surface area contributed by atoms with Crippen LogP contribution in [0.5, 0.6) is 0 Å². The topological polar surface area (TPSA) is 18.5 Å². The van der Waals surface area contributed by atoms with Crippen LogP contribution in [0.2, 0.25) is 0 Å². The van der Waals surface area contributed by atoms with E-state index in [1.165, 1.54) is 58.3 Å². The Bertz CT molecular complexity index is 200. The molecule has 0 radical (unpaired) electrons. The third-order valence-corrected chi connectivity index (χ3v) is 4.52.